The number of aromatic nitrogens is 2. The number of nitrogens with zero attached hydrogens (tertiary/aromatic N) is 3. The molecule has 1 aromatic heterocycles. The molecule has 6 heteroatoms. The molecule has 0 radical (unpaired) electrons. The molecular weight excluding hydrogens is 331 g/mol. The van der Waals surface area contributed by atoms with Crippen molar-refractivity contribution in [1.82, 2.24) is 14.9 Å². The van der Waals surface area contributed by atoms with Crippen molar-refractivity contribution in [3.63, 3.8) is 0 Å². The number of benzene rings is 1. The summed E-state index contributed by atoms with van der Waals surface area (Å²) in [6, 6.07) is 8.71. The van der Waals surface area contributed by atoms with Gasteiger partial charge < -0.3 is 10.1 Å². The van der Waals surface area contributed by atoms with Gasteiger partial charge >= 0.3 is 0 Å². The van der Waals surface area contributed by atoms with E-state index in [0.29, 0.717) is 11.9 Å². The van der Waals surface area contributed by atoms with E-state index < -0.39 is 0 Å². The number of nitrogens with one attached hydrogen (secondary N) is 1. The minimum absolute atomic E-state index is 0.0601. The van der Waals surface area contributed by atoms with Gasteiger partial charge in [0.15, 0.2) is 0 Å². The van der Waals surface area contributed by atoms with E-state index in [1.807, 2.05) is 12.1 Å². The van der Waals surface area contributed by atoms with E-state index in [4.69, 9.17) is 4.74 Å². The van der Waals surface area contributed by atoms with Gasteiger partial charge in [-0.1, -0.05) is 12.1 Å². The number of halogens is 1. The zero-order valence-electron chi connectivity index (χ0n) is 14.9. The van der Waals surface area contributed by atoms with Gasteiger partial charge in [0.05, 0.1) is 12.2 Å². The molecule has 1 aromatic carbocycles. The second-order valence-corrected chi connectivity index (χ2v) is 7.46. The van der Waals surface area contributed by atoms with Crippen LogP contribution in [-0.2, 0) is 11.3 Å². The maximum absolute atomic E-state index is 13.4. The fourth-order valence-electron chi connectivity index (χ4n) is 4.20. The van der Waals surface area contributed by atoms with Crippen molar-refractivity contribution in [3.05, 3.63) is 54.1 Å². The molecule has 2 saturated heterocycles. The summed E-state index contributed by atoms with van der Waals surface area (Å²) in [5, 5.41) is 3.31. The van der Waals surface area contributed by atoms with Crippen molar-refractivity contribution < 1.29 is 9.13 Å². The number of hydrogen-bond donors (Lipinski definition) is 1. The second kappa shape index (κ2) is 7.68. The molecule has 2 aromatic rings. The predicted molar refractivity (Wildman–Crippen MR) is 98.2 cm³/mol. The topological polar surface area (TPSA) is 50.3 Å². The fourth-order valence-corrected chi connectivity index (χ4v) is 4.20. The summed E-state index contributed by atoms with van der Waals surface area (Å²) < 4.78 is 19.7. The van der Waals surface area contributed by atoms with Crippen LogP contribution in [0.15, 0.2) is 42.7 Å². The summed E-state index contributed by atoms with van der Waals surface area (Å²) in [5.74, 6) is 0.971. The van der Waals surface area contributed by atoms with E-state index in [9.17, 15) is 4.39 Å². The summed E-state index contributed by atoms with van der Waals surface area (Å²) in [7, 11) is 0. The van der Waals surface area contributed by atoms with E-state index >= 15 is 0 Å². The Kier molecular flexibility index (Phi) is 5.13. The number of hydrogen-bond acceptors (Lipinski definition) is 5. The zero-order valence-corrected chi connectivity index (χ0v) is 14.9. The minimum Gasteiger partial charge on any atom is -0.373 e. The SMILES string of the molecule is Fc1cccc(CN2CCC[C@@]3(C[C@@H](CNc4ncccn4)CO3)C2)c1. The lowest BCUT2D eigenvalue weighted by atomic mass is 9.86. The number of anilines is 1. The lowest BCUT2D eigenvalue weighted by Crippen LogP contribution is -2.47. The lowest BCUT2D eigenvalue weighted by Gasteiger charge is -2.40. The molecule has 3 heterocycles. The van der Waals surface area contributed by atoms with Gasteiger partial charge in [0.25, 0.3) is 0 Å². The van der Waals surface area contributed by atoms with Gasteiger partial charge in [-0.15, -0.1) is 0 Å². The molecule has 0 bridgehead atoms. The quantitative estimate of drug-likeness (QED) is 0.892. The van der Waals surface area contributed by atoms with Gasteiger partial charge in [0, 0.05) is 37.9 Å². The first-order valence-electron chi connectivity index (χ1n) is 9.32. The van der Waals surface area contributed by atoms with Crippen LogP contribution in [0.2, 0.25) is 0 Å². The first-order chi connectivity index (χ1) is 12.7. The molecule has 0 unspecified atom stereocenters. The molecule has 5 nitrogen and oxygen atoms in total. The van der Waals surface area contributed by atoms with E-state index in [2.05, 4.69) is 20.2 Å². The Morgan fingerprint density at radius 3 is 3.00 bits per heavy atom. The van der Waals surface area contributed by atoms with Crippen LogP contribution in [-0.4, -0.2) is 46.7 Å². The number of piperidine rings is 1. The van der Waals surface area contributed by atoms with Gasteiger partial charge in [-0.2, -0.15) is 0 Å². The van der Waals surface area contributed by atoms with Crippen LogP contribution in [0.3, 0.4) is 0 Å². The van der Waals surface area contributed by atoms with Gasteiger partial charge in [0.2, 0.25) is 5.95 Å². The third-order valence-corrected chi connectivity index (χ3v) is 5.31. The third-order valence-electron chi connectivity index (χ3n) is 5.31. The average molecular weight is 356 g/mol. The van der Waals surface area contributed by atoms with Crippen LogP contribution >= 0.6 is 0 Å². The Balaban J connectivity index is 1.32. The van der Waals surface area contributed by atoms with Crippen molar-refractivity contribution in [3.8, 4) is 0 Å². The summed E-state index contributed by atoms with van der Waals surface area (Å²) in [4.78, 5) is 10.8. The molecule has 138 valence electrons. The first-order valence-corrected chi connectivity index (χ1v) is 9.32. The molecule has 2 fully saturated rings. The van der Waals surface area contributed by atoms with Crippen LogP contribution in [0.25, 0.3) is 0 Å². The van der Waals surface area contributed by atoms with Crippen molar-refractivity contribution in [2.75, 3.05) is 31.6 Å². The van der Waals surface area contributed by atoms with Crippen molar-refractivity contribution in [2.24, 2.45) is 5.92 Å². The summed E-state index contributed by atoms with van der Waals surface area (Å²) in [5.41, 5.74) is 0.967. The van der Waals surface area contributed by atoms with E-state index in [-0.39, 0.29) is 11.4 Å². The van der Waals surface area contributed by atoms with Gasteiger partial charge in [-0.25, -0.2) is 14.4 Å². The normalized spacial score (nSPS) is 26.3. The maximum Gasteiger partial charge on any atom is 0.222 e. The van der Waals surface area contributed by atoms with Crippen LogP contribution in [0.5, 0.6) is 0 Å². The van der Waals surface area contributed by atoms with Crippen LogP contribution in [0.4, 0.5) is 10.3 Å². The second-order valence-electron chi connectivity index (χ2n) is 7.46. The van der Waals surface area contributed by atoms with E-state index in [1.54, 1.807) is 24.5 Å². The van der Waals surface area contributed by atoms with Crippen LogP contribution in [0.1, 0.15) is 24.8 Å². The lowest BCUT2D eigenvalue weighted by molar-refractivity contribution is -0.0535. The highest BCUT2D eigenvalue weighted by Crippen LogP contribution is 2.37. The highest BCUT2D eigenvalue weighted by Gasteiger charge is 2.43. The molecule has 26 heavy (non-hydrogen) atoms. The molecule has 1 spiro atoms. The summed E-state index contributed by atoms with van der Waals surface area (Å²) >= 11 is 0. The number of rotatable bonds is 5. The first kappa shape index (κ1) is 17.4. The van der Waals surface area contributed by atoms with Gasteiger partial charge in [0.1, 0.15) is 5.82 Å². The molecule has 0 aliphatic carbocycles. The standard InChI is InChI=1S/C20H25FN4O/c21-18-5-1-4-16(10-18)13-25-9-2-6-20(15-25)11-17(14-26-20)12-24-19-22-7-3-8-23-19/h1,3-5,7-8,10,17H,2,6,9,11-15H2,(H,22,23,24)/t17-,20+/m0/s1. The zero-order chi connectivity index (χ0) is 17.8. The molecule has 2 atom stereocenters. The van der Waals surface area contributed by atoms with Crippen molar-refractivity contribution in [2.45, 2.75) is 31.4 Å². The largest absolute Gasteiger partial charge is 0.373 e. The van der Waals surface area contributed by atoms with Gasteiger partial charge in [-0.3, -0.25) is 4.90 Å². The Hall–Kier alpha value is -2.05. The Bertz CT molecular complexity index is 729. The Morgan fingerprint density at radius 2 is 2.15 bits per heavy atom. The third kappa shape index (κ3) is 4.19. The monoisotopic (exact) mass is 356 g/mol. The predicted octanol–water partition coefficient (Wildman–Crippen LogP) is 3.10. The Labute approximate surface area is 153 Å². The molecule has 1 N–H and O–H groups in total. The Morgan fingerprint density at radius 1 is 1.27 bits per heavy atom. The van der Waals surface area contributed by atoms with Crippen LogP contribution in [0, 0.1) is 11.7 Å². The molecule has 2 aliphatic rings. The highest BCUT2D eigenvalue weighted by molar-refractivity contribution is 5.22. The molecule has 4 rings (SSSR count). The van der Waals surface area contributed by atoms with Crippen molar-refractivity contribution >= 4 is 5.95 Å². The average Bonchev–Trinajstić information content (AvgIpc) is 3.03. The molecular formula is C20H25FN4O. The molecule has 0 saturated carbocycles. The van der Waals surface area contributed by atoms with E-state index in [1.165, 1.54) is 6.07 Å². The number of likely N-dealkylation sites (tertiary alicyclic amines) is 1. The smallest absolute Gasteiger partial charge is 0.222 e. The number of ether oxygens (including phenoxy) is 1. The summed E-state index contributed by atoms with van der Waals surface area (Å²) in [6.07, 6.45) is 6.76. The maximum atomic E-state index is 13.4. The fraction of sp³-hybridized carbons (Fsp3) is 0.500. The van der Waals surface area contributed by atoms with E-state index in [0.717, 1.165) is 57.6 Å². The van der Waals surface area contributed by atoms with Crippen LogP contribution < -0.4 is 5.32 Å². The highest BCUT2D eigenvalue weighted by atomic mass is 19.1. The minimum atomic E-state index is -0.166. The summed E-state index contributed by atoms with van der Waals surface area (Å²) in [6.45, 7) is 4.34. The van der Waals surface area contributed by atoms with Crippen molar-refractivity contribution in [1.29, 1.82) is 0 Å². The molecule has 0 amide bonds. The van der Waals surface area contributed by atoms with Gasteiger partial charge in [-0.05, 0) is 49.6 Å². The molecule has 2 aliphatic heterocycles.